The molecule has 1 fully saturated rings. The number of nitrogens with zero attached hydrogens (tertiary/aromatic N) is 3. The Labute approximate surface area is 113 Å². The summed E-state index contributed by atoms with van der Waals surface area (Å²) >= 11 is 0. The maximum atomic E-state index is 12.0. The average molecular weight is 279 g/mol. The standard InChI is InChI=1S/C12H13N3O5/c16-10-3-5-13(6-4-10)12(18)8-14-7-9(15(19)20)1-2-11(14)17/h1-2,7H,3-6,8H2. The van der Waals surface area contributed by atoms with Crippen LogP contribution in [-0.4, -0.2) is 39.2 Å². The third-order valence-corrected chi connectivity index (χ3v) is 3.16. The van der Waals surface area contributed by atoms with Crippen molar-refractivity contribution in [3.05, 3.63) is 38.8 Å². The van der Waals surface area contributed by atoms with E-state index in [1.54, 1.807) is 0 Å². The van der Waals surface area contributed by atoms with E-state index < -0.39 is 10.5 Å². The van der Waals surface area contributed by atoms with Crippen LogP contribution in [0.2, 0.25) is 0 Å². The Bertz CT molecular complexity index is 612. The SMILES string of the molecule is O=C1CCN(C(=O)Cn2cc([N+](=O)[O-])ccc2=O)CC1. The van der Waals surface area contributed by atoms with Crippen LogP contribution in [0.1, 0.15) is 12.8 Å². The minimum atomic E-state index is -0.625. The minimum absolute atomic E-state index is 0.113. The van der Waals surface area contributed by atoms with Crippen LogP contribution in [0.4, 0.5) is 5.69 Å². The van der Waals surface area contributed by atoms with Crippen LogP contribution < -0.4 is 5.56 Å². The lowest BCUT2D eigenvalue weighted by atomic mass is 10.1. The molecule has 106 valence electrons. The van der Waals surface area contributed by atoms with Gasteiger partial charge in [0.15, 0.2) is 0 Å². The molecule has 0 aliphatic carbocycles. The summed E-state index contributed by atoms with van der Waals surface area (Å²) in [5, 5.41) is 10.6. The van der Waals surface area contributed by atoms with Crippen LogP contribution in [-0.2, 0) is 16.1 Å². The van der Waals surface area contributed by atoms with Crippen LogP contribution >= 0.6 is 0 Å². The molecule has 0 N–H and O–H groups in total. The van der Waals surface area contributed by atoms with Gasteiger partial charge in [0.2, 0.25) is 5.91 Å². The van der Waals surface area contributed by atoms with E-state index in [2.05, 4.69) is 0 Å². The number of nitro groups is 1. The Morgan fingerprint density at radius 1 is 1.25 bits per heavy atom. The Balaban J connectivity index is 2.11. The number of ketones is 1. The number of carbonyl (C=O) groups excluding carboxylic acids is 2. The highest BCUT2D eigenvalue weighted by atomic mass is 16.6. The van der Waals surface area contributed by atoms with E-state index in [0.717, 1.165) is 22.9 Å². The van der Waals surface area contributed by atoms with Gasteiger partial charge in [-0.15, -0.1) is 0 Å². The van der Waals surface area contributed by atoms with Gasteiger partial charge in [0.25, 0.3) is 11.2 Å². The van der Waals surface area contributed by atoms with Crippen LogP contribution in [0, 0.1) is 10.1 Å². The first-order chi connectivity index (χ1) is 9.47. The normalized spacial score (nSPS) is 15.2. The molecule has 8 nitrogen and oxygen atoms in total. The molecule has 1 aliphatic rings. The fourth-order valence-electron chi connectivity index (χ4n) is 2.00. The number of piperidine rings is 1. The Kier molecular flexibility index (Phi) is 3.92. The molecule has 0 aromatic carbocycles. The third-order valence-electron chi connectivity index (χ3n) is 3.16. The van der Waals surface area contributed by atoms with E-state index in [-0.39, 0.29) is 23.9 Å². The number of hydrogen-bond acceptors (Lipinski definition) is 5. The Morgan fingerprint density at radius 3 is 2.50 bits per heavy atom. The number of aromatic nitrogens is 1. The molecular formula is C12H13N3O5. The van der Waals surface area contributed by atoms with Crippen molar-refractivity contribution >= 4 is 17.4 Å². The zero-order valence-corrected chi connectivity index (χ0v) is 10.7. The number of rotatable bonds is 3. The zero-order chi connectivity index (χ0) is 14.7. The quantitative estimate of drug-likeness (QED) is 0.570. The predicted octanol–water partition coefficient (Wildman–Crippen LogP) is -0.0520. The summed E-state index contributed by atoms with van der Waals surface area (Å²) in [6.07, 6.45) is 1.68. The maximum absolute atomic E-state index is 12.0. The molecule has 2 heterocycles. The van der Waals surface area contributed by atoms with Crippen molar-refractivity contribution in [2.24, 2.45) is 0 Å². The van der Waals surface area contributed by atoms with Gasteiger partial charge in [-0.25, -0.2) is 0 Å². The molecule has 0 bridgehead atoms. The second-order valence-corrected chi connectivity index (χ2v) is 4.53. The van der Waals surface area contributed by atoms with Crippen molar-refractivity contribution in [2.45, 2.75) is 19.4 Å². The van der Waals surface area contributed by atoms with Gasteiger partial charge in [-0.1, -0.05) is 0 Å². The zero-order valence-electron chi connectivity index (χ0n) is 10.7. The summed E-state index contributed by atoms with van der Waals surface area (Å²) in [6.45, 7) is 0.414. The van der Waals surface area contributed by atoms with Gasteiger partial charge in [0.05, 0.1) is 11.1 Å². The van der Waals surface area contributed by atoms with Crippen molar-refractivity contribution in [1.82, 2.24) is 9.47 Å². The highest BCUT2D eigenvalue weighted by molar-refractivity contribution is 5.83. The fraction of sp³-hybridized carbons (Fsp3) is 0.417. The number of hydrogen-bond donors (Lipinski definition) is 0. The molecule has 20 heavy (non-hydrogen) atoms. The molecule has 0 atom stereocenters. The highest BCUT2D eigenvalue weighted by Crippen LogP contribution is 2.09. The lowest BCUT2D eigenvalue weighted by Crippen LogP contribution is -2.41. The molecule has 0 unspecified atom stereocenters. The predicted molar refractivity (Wildman–Crippen MR) is 68.2 cm³/mol. The van der Waals surface area contributed by atoms with Gasteiger partial charge in [0.1, 0.15) is 12.3 Å². The van der Waals surface area contributed by atoms with E-state index in [1.165, 1.54) is 4.90 Å². The Hall–Kier alpha value is -2.51. The van der Waals surface area contributed by atoms with Crippen molar-refractivity contribution < 1.29 is 14.5 Å². The van der Waals surface area contributed by atoms with Gasteiger partial charge in [-0.3, -0.25) is 29.1 Å². The summed E-state index contributed by atoms with van der Waals surface area (Å²) in [5.41, 5.74) is -0.719. The van der Waals surface area contributed by atoms with E-state index in [9.17, 15) is 24.5 Å². The molecule has 1 aromatic rings. The summed E-state index contributed by atoms with van der Waals surface area (Å²) in [7, 11) is 0. The largest absolute Gasteiger partial charge is 0.340 e. The Morgan fingerprint density at radius 2 is 1.90 bits per heavy atom. The van der Waals surface area contributed by atoms with E-state index in [0.29, 0.717) is 25.9 Å². The van der Waals surface area contributed by atoms with Crippen LogP contribution in [0.15, 0.2) is 23.1 Å². The van der Waals surface area contributed by atoms with Crippen molar-refractivity contribution in [2.75, 3.05) is 13.1 Å². The molecule has 2 rings (SSSR count). The van der Waals surface area contributed by atoms with Gasteiger partial charge < -0.3 is 4.90 Å². The van der Waals surface area contributed by atoms with Crippen molar-refractivity contribution in [1.29, 1.82) is 0 Å². The number of carbonyl (C=O) groups is 2. The number of amides is 1. The number of likely N-dealkylation sites (tertiary alicyclic amines) is 1. The molecule has 0 saturated carbocycles. The summed E-state index contributed by atoms with van der Waals surface area (Å²) in [4.78, 5) is 46.2. The van der Waals surface area contributed by atoms with Gasteiger partial charge >= 0.3 is 0 Å². The molecule has 1 saturated heterocycles. The third kappa shape index (κ3) is 3.08. The molecule has 8 heteroatoms. The van der Waals surface area contributed by atoms with Gasteiger partial charge in [0, 0.05) is 38.1 Å². The van der Waals surface area contributed by atoms with E-state index >= 15 is 0 Å². The van der Waals surface area contributed by atoms with Crippen molar-refractivity contribution in [3.63, 3.8) is 0 Å². The van der Waals surface area contributed by atoms with Gasteiger partial charge in [-0.2, -0.15) is 0 Å². The molecule has 1 amide bonds. The monoisotopic (exact) mass is 279 g/mol. The molecular weight excluding hydrogens is 266 g/mol. The van der Waals surface area contributed by atoms with E-state index in [4.69, 9.17) is 0 Å². The summed E-state index contributed by atoms with van der Waals surface area (Å²) in [6, 6.07) is 2.16. The van der Waals surface area contributed by atoms with Gasteiger partial charge in [-0.05, 0) is 0 Å². The molecule has 0 radical (unpaired) electrons. The lowest BCUT2D eigenvalue weighted by molar-refractivity contribution is -0.385. The highest BCUT2D eigenvalue weighted by Gasteiger charge is 2.21. The first-order valence-corrected chi connectivity index (χ1v) is 6.12. The first-order valence-electron chi connectivity index (χ1n) is 6.12. The van der Waals surface area contributed by atoms with Crippen LogP contribution in [0.3, 0.4) is 0 Å². The second kappa shape index (κ2) is 5.64. The second-order valence-electron chi connectivity index (χ2n) is 4.53. The molecule has 1 aliphatic heterocycles. The van der Waals surface area contributed by atoms with Crippen LogP contribution in [0.5, 0.6) is 0 Å². The van der Waals surface area contributed by atoms with Crippen molar-refractivity contribution in [3.8, 4) is 0 Å². The fourth-order valence-corrected chi connectivity index (χ4v) is 2.00. The number of Topliss-reactive ketones (excluding diaryl/α,β-unsaturated/α-hetero) is 1. The maximum Gasteiger partial charge on any atom is 0.285 e. The first kappa shape index (κ1) is 13.9. The molecule has 0 spiro atoms. The summed E-state index contributed by atoms with van der Waals surface area (Å²) in [5.74, 6) is -0.207. The number of pyridine rings is 1. The molecule has 1 aromatic heterocycles. The topological polar surface area (TPSA) is 103 Å². The average Bonchev–Trinajstić information content (AvgIpc) is 2.41. The minimum Gasteiger partial charge on any atom is -0.340 e. The summed E-state index contributed by atoms with van der Waals surface area (Å²) < 4.78 is 1.01. The lowest BCUT2D eigenvalue weighted by Gasteiger charge is -2.26. The van der Waals surface area contributed by atoms with Crippen LogP contribution in [0.25, 0.3) is 0 Å². The van der Waals surface area contributed by atoms with E-state index in [1.807, 2.05) is 0 Å². The smallest absolute Gasteiger partial charge is 0.285 e.